The number of hydrogen-bond donors (Lipinski definition) is 0. The van der Waals surface area contributed by atoms with Crippen LogP contribution >= 0.6 is 10.8 Å². The predicted octanol–water partition coefficient (Wildman–Crippen LogP) is 11.5. The van der Waals surface area contributed by atoms with Crippen LogP contribution in [0.25, 0.3) is 10.8 Å². The van der Waals surface area contributed by atoms with Gasteiger partial charge in [-0.3, -0.25) is 4.18 Å². The number of rotatable bonds is 8. The molecule has 3 aromatic rings. The second-order valence-electron chi connectivity index (χ2n) is 21.4. The van der Waals surface area contributed by atoms with Gasteiger partial charge in [0.2, 0.25) is 0 Å². The van der Waals surface area contributed by atoms with Gasteiger partial charge in [0.25, 0.3) is 0 Å². The van der Waals surface area contributed by atoms with Crippen molar-refractivity contribution in [3.8, 4) is 0 Å². The Bertz CT molecular complexity index is 2010. The van der Waals surface area contributed by atoms with Gasteiger partial charge in [0.15, 0.2) is 5.44 Å². The third-order valence-electron chi connectivity index (χ3n) is 17.7. The zero-order valence-corrected chi connectivity index (χ0v) is 33.5. The van der Waals surface area contributed by atoms with E-state index in [9.17, 15) is 13.0 Å². The normalized spacial score (nSPS) is 43.6. The maximum atomic E-state index is 13.4. The summed E-state index contributed by atoms with van der Waals surface area (Å²) in [5.41, 5.74) is 3.93. The van der Waals surface area contributed by atoms with Crippen LogP contribution in [0.5, 0.6) is 0 Å². The summed E-state index contributed by atoms with van der Waals surface area (Å²) in [7, 11) is -5.99. The van der Waals surface area contributed by atoms with Gasteiger partial charge in [-0.05, 0) is 241 Å². The van der Waals surface area contributed by atoms with Gasteiger partial charge in [-0.1, -0.05) is 48.5 Å². The Labute approximate surface area is 325 Å². The van der Waals surface area contributed by atoms with Gasteiger partial charge in [-0.15, -0.1) is 0 Å². The molecule has 4 nitrogen and oxygen atoms in total. The molecule has 12 aliphatic rings. The zero-order chi connectivity index (χ0) is 36.2. The van der Waals surface area contributed by atoms with Crippen molar-refractivity contribution < 1.29 is 17.2 Å². The van der Waals surface area contributed by atoms with Crippen LogP contribution in [0.2, 0.25) is 0 Å². The average molecular weight is 762 g/mol. The Hall–Kier alpha value is -1.99. The molecule has 286 valence electrons. The summed E-state index contributed by atoms with van der Waals surface area (Å²) in [6.07, 6.45) is 24.2. The first-order valence-corrected chi connectivity index (χ1v) is 24.6. The van der Waals surface area contributed by atoms with Gasteiger partial charge >= 0.3 is 0 Å². The van der Waals surface area contributed by atoms with E-state index in [1.54, 1.807) is 11.6 Å². The van der Waals surface area contributed by atoms with Gasteiger partial charge in [-0.25, -0.2) is 8.42 Å². The van der Waals surface area contributed by atoms with Crippen molar-refractivity contribution >= 4 is 37.5 Å². The first-order chi connectivity index (χ1) is 26.0. The summed E-state index contributed by atoms with van der Waals surface area (Å²) < 4.78 is 46.9. The number of hydrogen-bond acceptors (Lipinski definition) is 4. The molecule has 54 heavy (non-hydrogen) atoms. The Morgan fingerprint density at radius 3 is 1.37 bits per heavy atom. The van der Waals surface area contributed by atoms with Crippen molar-refractivity contribution in [2.75, 3.05) is 0 Å². The summed E-state index contributed by atoms with van der Waals surface area (Å²) in [4.78, 5) is 1.24. The third kappa shape index (κ3) is 5.27. The monoisotopic (exact) mass is 761 g/mol. The topological polar surface area (TPSA) is 66.4 Å². The van der Waals surface area contributed by atoms with Crippen molar-refractivity contribution in [2.45, 2.75) is 142 Å². The van der Waals surface area contributed by atoms with Crippen LogP contribution in [0, 0.1) is 53.3 Å². The summed E-state index contributed by atoms with van der Waals surface area (Å²) in [6, 6.07) is 19.0. The van der Waals surface area contributed by atoms with E-state index in [4.69, 9.17) is 10.1 Å². The van der Waals surface area contributed by atoms with Crippen molar-refractivity contribution in [1.29, 1.82) is 0 Å². The highest BCUT2D eigenvalue weighted by molar-refractivity contribution is 8.10. The van der Waals surface area contributed by atoms with Crippen LogP contribution in [0.4, 0.5) is 0 Å². The van der Waals surface area contributed by atoms with Gasteiger partial charge in [0.05, 0.1) is 0 Å². The fraction of sp³-hybridized carbons (Fsp3) is 0.646. The molecule has 12 saturated carbocycles. The Balaban J connectivity index is 1.07. The highest BCUT2D eigenvalue weighted by Gasteiger charge is 2.58. The maximum Gasteiger partial charge on any atom is 0.186 e. The molecule has 0 aliphatic heterocycles. The zero-order valence-electron chi connectivity index (χ0n) is 31.9. The van der Waals surface area contributed by atoms with E-state index in [1.807, 2.05) is 36.4 Å². The predicted molar refractivity (Wildman–Crippen MR) is 216 cm³/mol. The van der Waals surface area contributed by atoms with Crippen molar-refractivity contribution in [2.24, 2.45) is 53.3 Å². The number of fused-ring (bicyclic) bond motifs is 1. The molecule has 12 aliphatic carbocycles. The third-order valence-corrected chi connectivity index (χ3v) is 20.0. The molecule has 0 heterocycles. The van der Waals surface area contributed by atoms with Gasteiger partial charge in [-0.2, -0.15) is 0 Å². The van der Waals surface area contributed by atoms with Crippen LogP contribution in [0.15, 0.2) is 59.5 Å². The van der Waals surface area contributed by atoms with Crippen LogP contribution in [0.1, 0.15) is 143 Å². The molecule has 12 bridgehead atoms. The summed E-state index contributed by atoms with van der Waals surface area (Å²) in [6.45, 7) is 0. The van der Waals surface area contributed by atoms with Crippen LogP contribution < -0.4 is 0 Å². The van der Waals surface area contributed by atoms with E-state index in [0.717, 1.165) is 64.0 Å². The van der Waals surface area contributed by atoms with Gasteiger partial charge in [0.1, 0.15) is 10.1 Å². The lowest BCUT2D eigenvalue weighted by Crippen LogP contribution is -2.51. The molecule has 0 N–H and O–H groups in total. The van der Waals surface area contributed by atoms with Crippen LogP contribution in [-0.2, 0) is 30.5 Å². The van der Waals surface area contributed by atoms with E-state index in [1.165, 1.54) is 132 Å². The number of benzene rings is 3. The SMILES string of the molecule is C=S(OC(c1ccc2ccccc2c1)S(=O)(=O)[O-])c1c(C23CC4CC(CC(C4)C2)C3)cc(C23CC4CC(CC(C4)C2)C3)cc1C12CC3CC(CC(C3)C1)C2. The Morgan fingerprint density at radius 1 is 0.574 bits per heavy atom. The molecule has 2 unspecified atom stereocenters. The lowest BCUT2D eigenvalue weighted by Gasteiger charge is -2.60. The smallest absolute Gasteiger partial charge is 0.186 e. The van der Waals surface area contributed by atoms with Crippen molar-refractivity contribution in [1.82, 2.24) is 0 Å². The fourth-order valence-electron chi connectivity index (χ4n) is 17.1. The first kappa shape index (κ1) is 34.1. The van der Waals surface area contributed by atoms with Gasteiger partial charge in [0, 0.05) is 4.90 Å². The average Bonchev–Trinajstić information content (AvgIpc) is 3.11. The Morgan fingerprint density at radius 2 is 0.963 bits per heavy atom. The molecule has 0 spiro atoms. The molecule has 0 amide bonds. The molecule has 3 aromatic carbocycles. The summed E-state index contributed by atoms with van der Waals surface area (Å²) in [5.74, 6) is 12.2. The molecule has 0 radical (unpaired) electrons. The quantitative estimate of drug-likeness (QED) is 0.169. The lowest BCUT2D eigenvalue weighted by atomic mass is 9.45. The highest BCUT2D eigenvalue weighted by atomic mass is 32.2. The van der Waals surface area contributed by atoms with Gasteiger partial charge < -0.3 is 4.55 Å². The van der Waals surface area contributed by atoms with E-state index < -0.39 is 26.3 Å². The lowest BCUT2D eigenvalue weighted by molar-refractivity contribution is -0.0136. The van der Waals surface area contributed by atoms with E-state index >= 15 is 0 Å². The second kappa shape index (κ2) is 11.8. The van der Waals surface area contributed by atoms with E-state index in [2.05, 4.69) is 12.1 Å². The van der Waals surface area contributed by atoms with Crippen LogP contribution in [-0.4, -0.2) is 18.8 Å². The van der Waals surface area contributed by atoms with Crippen molar-refractivity contribution in [3.63, 3.8) is 0 Å². The summed E-state index contributed by atoms with van der Waals surface area (Å²) in [5, 5.41) is 1.94. The first-order valence-electron chi connectivity index (χ1n) is 21.8. The fourth-order valence-corrected chi connectivity index (χ4v) is 19.7. The molecule has 0 aromatic heterocycles. The minimum atomic E-state index is -4.85. The largest absolute Gasteiger partial charge is 0.746 e. The van der Waals surface area contributed by atoms with E-state index in [-0.39, 0.29) is 16.2 Å². The molecule has 6 heteroatoms. The molecule has 15 rings (SSSR count). The summed E-state index contributed by atoms with van der Waals surface area (Å²) >= 11 is 0. The van der Waals surface area contributed by atoms with E-state index in [0.29, 0.717) is 5.56 Å². The Kier molecular flexibility index (Phi) is 7.44. The second-order valence-corrected chi connectivity index (χ2v) is 24.1. The van der Waals surface area contributed by atoms with Crippen LogP contribution in [0.3, 0.4) is 0 Å². The maximum absolute atomic E-state index is 13.4. The standard InChI is InChI=1S/C48H58O4S2/c1-53(52-45(54(49,50)51)40-7-6-38-4-2-3-5-39(38)17-40)44-42(47-23-32-11-33(24-47)13-34(12-32)25-47)18-41(46-20-29-8-30(21-46)10-31(9-29)22-46)19-43(44)48-26-35-14-36(27-48)16-37(15-35)28-48/h2-7,17-19,29-37,45H,1,8-16,20-28H2,(H,49,50,51)/p-1. The molecular formula is C48H57O4S2-. The molecule has 12 fully saturated rings. The molecule has 2 atom stereocenters. The molecular weight excluding hydrogens is 705 g/mol. The van der Waals surface area contributed by atoms with Crippen molar-refractivity contribution in [3.05, 3.63) is 76.9 Å². The highest BCUT2D eigenvalue weighted by Crippen LogP contribution is 2.68. The minimum Gasteiger partial charge on any atom is -0.746 e. The minimum absolute atomic E-state index is 0.0977. The molecule has 0 saturated heterocycles.